The third kappa shape index (κ3) is 4.48. The molecular weight excluding hydrogens is 314 g/mol. The van der Waals surface area contributed by atoms with Crippen LogP contribution < -0.4 is 4.74 Å². The number of thioether (sulfide) groups is 1. The highest BCUT2D eigenvalue weighted by atomic mass is 32.2. The predicted molar refractivity (Wildman–Crippen MR) is 88.9 cm³/mol. The van der Waals surface area contributed by atoms with Gasteiger partial charge in [-0.15, -0.1) is 10.2 Å². The number of hydrogen-bond donors (Lipinski definition) is 1. The summed E-state index contributed by atoms with van der Waals surface area (Å²) in [6.07, 6.45) is 0. The molecule has 0 unspecified atom stereocenters. The van der Waals surface area contributed by atoms with E-state index < -0.39 is 5.97 Å². The lowest BCUT2D eigenvalue weighted by atomic mass is 10.0. The molecule has 23 heavy (non-hydrogen) atoms. The van der Waals surface area contributed by atoms with Crippen molar-refractivity contribution in [1.29, 1.82) is 0 Å². The summed E-state index contributed by atoms with van der Waals surface area (Å²) in [5, 5.41) is 17.6. The predicted octanol–water partition coefficient (Wildman–Crippen LogP) is 3.18. The van der Waals surface area contributed by atoms with Gasteiger partial charge in [-0.05, 0) is 24.5 Å². The maximum atomic E-state index is 10.7. The summed E-state index contributed by atoms with van der Waals surface area (Å²) in [5.74, 6) is 1.00. The fourth-order valence-electron chi connectivity index (χ4n) is 2.21. The molecule has 124 valence electrons. The zero-order valence-corrected chi connectivity index (χ0v) is 14.3. The third-order valence-electron chi connectivity index (χ3n) is 3.33. The number of hydrogen-bond acceptors (Lipinski definition) is 5. The highest BCUT2D eigenvalue weighted by Crippen LogP contribution is 2.26. The average molecular weight is 335 g/mol. The number of para-hydroxylation sites is 1. The second-order valence-corrected chi connectivity index (χ2v) is 6.25. The van der Waals surface area contributed by atoms with Gasteiger partial charge in [0.25, 0.3) is 0 Å². The molecule has 0 radical (unpaired) electrons. The minimum absolute atomic E-state index is 0.0326. The first-order valence-electron chi connectivity index (χ1n) is 7.51. The molecule has 1 N–H and O–H groups in total. The van der Waals surface area contributed by atoms with Crippen LogP contribution in [0.15, 0.2) is 29.4 Å². The number of aliphatic carboxylic acids is 1. The van der Waals surface area contributed by atoms with Crippen molar-refractivity contribution < 1.29 is 14.6 Å². The molecule has 0 amide bonds. The molecule has 0 bridgehead atoms. The van der Waals surface area contributed by atoms with Gasteiger partial charge in [0.2, 0.25) is 0 Å². The Kier molecular flexibility index (Phi) is 6.04. The van der Waals surface area contributed by atoms with Crippen molar-refractivity contribution in [3.63, 3.8) is 0 Å². The van der Waals surface area contributed by atoms with Crippen molar-refractivity contribution in [3.05, 3.63) is 35.7 Å². The molecule has 0 aliphatic rings. The molecule has 0 atom stereocenters. The van der Waals surface area contributed by atoms with Crippen LogP contribution in [0.5, 0.6) is 5.75 Å². The average Bonchev–Trinajstić information content (AvgIpc) is 2.93. The number of benzene rings is 1. The molecule has 0 saturated carbocycles. The largest absolute Gasteiger partial charge is 0.485 e. The van der Waals surface area contributed by atoms with E-state index >= 15 is 0 Å². The van der Waals surface area contributed by atoms with E-state index in [9.17, 15) is 4.79 Å². The van der Waals surface area contributed by atoms with Gasteiger partial charge in [-0.25, -0.2) is 0 Å². The van der Waals surface area contributed by atoms with Gasteiger partial charge < -0.3 is 14.4 Å². The van der Waals surface area contributed by atoms with Crippen molar-refractivity contribution in [2.45, 2.75) is 45.0 Å². The third-order valence-corrected chi connectivity index (χ3v) is 4.28. The van der Waals surface area contributed by atoms with Gasteiger partial charge in [0.05, 0.1) is 5.75 Å². The Morgan fingerprint density at radius 3 is 2.74 bits per heavy atom. The Morgan fingerprint density at radius 2 is 2.09 bits per heavy atom. The van der Waals surface area contributed by atoms with E-state index in [1.807, 2.05) is 29.7 Å². The first kappa shape index (κ1) is 17.3. The van der Waals surface area contributed by atoms with Crippen molar-refractivity contribution in [2.75, 3.05) is 5.75 Å². The summed E-state index contributed by atoms with van der Waals surface area (Å²) in [7, 11) is 0. The molecule has 0 aliphatic carbocycles. The normalized spacial score (nSPS) is 11.0. The first-order chi connectivity index (χ1) is 11.0. The van der Waals surface area contributed by atoms with Gasteiger partial charge in [0.15, 0.2) is 11.0 Å². The molecule has 0 fully saturated rings. The second kappa shape index (κ2) is 8.01. The first-order valence-corrected chi connectivity index (χ1v) is 8.49. The Morgan fingerprint density at radius 1 is 1.35 bits per heavy atom. The molecule has 6 nitrogen and oxygen atoms in total. The van der Waals surface area contributed by atoms with Gasteiger partial charge in [0, 0.05) is 6.54 Å². The number of ether oxygens (including phenoxy) is 1. The lowest BCUT2D eigenvalue weighted by Gasteiger charge is -2.14. The van der Waals surface area contributed by atoms with E-state index in [1.54, 1.807) is 0 Å². The number of carboxylic acid groups (broad SMARTS) is 1. The molecule has 7 heteroatoms. The minimum Gasteiger partial charge on any atom is -0.485 e. The van der Waals surface area contributed by atoms with Crippen LogP contribution in [0.2, 0.25) is 0 Å². The molecular formula is C16H21N3O3S. The van der Waals surface area contributed by atoms with Gasteiger partial charge in [-0.2, -0.15) is 0 Å². The lowest BCUT2D eigenvalue weighted by molar-refractivity contribution is -0.133. The monoisotopic (exact) mass is 335 g/mol. The molecule has 1 aromatic heterocycles. The summed E-state index contributed by atoms with van der Waals surface area (Å²) in [5.41, 5.74) is 1.15. The SMILES string of the molecule is CCn1c(COc2ccccc2C(C)C)nnc1SCC(=O)O. The number of rotatable bonds is 8. The summed E-state index contributed by atoms with van der Waals surface area (Å²) >= 11 is 1.16. The van der Waals surface area contributed by atoms with Crippen LogP contribution in [0.25, 0.3) is 0 Å². The summed E-state index contributed by atoms with van der Waals surface area (Å²) in [6.45, 7) is 7.19. The van der Waals surface area contributed by atoms with Gasteiger partial charge in [0.1, 0.15) is 12.4 Å². The van der Waals surface area contributed by atoms with Crippen LogP contribution >= 0.6 is 11.8 Å². The van der Waals surface area contributed by atoms with Crippen LogP contribution in [0, 0.1) is 0 Å². The summed E-state index contributed by atoms with van der Waals surface area (Å²) in [6, 6.07) is 7.94. The highest BCUT2D eigenvalue weighted by molar-refractivity contribution is 7.99. The van der Waals surface area contributed by atoms with Crippen LogP contribution in [0.1, 0.15) is 38.1 Å². The second-order valence-electron chi connectivity index (χ2n) is 5.31. The highest BCUT2D eigenvalue weighted by Gasteiger charge is 2.14. The van der Waals surface area contributed by atoms with E-state index in [-0.39, 0.29) is 5.75 Å². The molecule has 0 spiro atoms. The maximum absolute atomic E-state index is 10.7. The zero-order chi connectivity index (χ0) is 16.8. The van der Waals surface area contributed by atoms with E-state index in [4.69, 9.17) is 9.84 Å². The van der Waals surface area contributed by atoms with E-state index in [2.05, 4.69) is 30.1 Å². The topological polar surface area (TPSA) is 77.2 Å². The molecule has 2 aromatic rings. The number of carbonyl (C=O) groups is 1. The molecule has 2 rings (SSSR count). The standard InChI is InChI=1S/C16H21N3O3S/c1-4-19-14(17-18-16(19)23-10-15(20)21)9-22-13-8-6-5-7-12(13)11(2)3/h5-8,11H,4,9-10H2,1-3H3,(H,20,21). The van der Waals surface area contributed by atoms with Gasteiger partial charge in [-0.1, -0.05) is 43.8 Å². The fourth-order valence-corrected chi connectivity index (χ4v) is 2.95. The molecule has 0 saturated heterocycles. The van der Waals surface area contributed by atoms with Crippen LogP contribution in [-0.2, 0) is 17.9 Å². The van der Waals surface area contributed by atoms with Crippen LogP contribution in [-0.4, -0.2) is 31.6 Å². The Hall–Kier alpha value is -2.02. The Labute approximate surface area is 139 Å². The van der Waals surface area contributed by atoms with Crippen LogP contribution in [0.3, 0.4) is 0 Å². The lowest BCUT2D eigenvalue weighted by Crippen LogP contribution is -2.08. The number of carboxylic acids is 1. The van der Waals surface area contributed by atoms with Crippen LogP contribution in [0.4, 0.5) is 0 Å². The minimum atomic E-state index is -0.871. The van der Waals surface area contributed by atoms with E-state index in [1.165, 1.54) is 0 Å². The van der Waals surface area contributed by atoms with Crippen molar-refractivity contribution in [2.24, 2.45) is 0 Å². The fraction of sp³-hybridized carbons (Fsp3) is 0.438. The number of nitrogens with zero attached hydrogens (tertiary/aromatic N) is 3. The van der Waals surface area contributed by atoms with Gasteiger partial charge >= 0.3 is 5.97 Å². The molecule has 0 aliphatic heterocycles. The van der Waals surface area contributed by atoms with E-state index in [0.717, 1.165) is 23.1 Å². The van der Waals surface area contributed by atoms with Crippen molar-refractivity contribution in [1.82, 2.24) is 14.8 Å². The molecule has 1 heterocycles. The van der Waals surface area contributed by atoms with Crippen molar-refractivity contribution >= 4 is 17.7 Å². The quantitative estimate of drug-likeness (QED) is 0.747. The summed E-state index contributed by atoms with van der Waals surface area (Å²) < 4.78 is 7.80. The Balaban J connectivity index is 2.10. The smallest absolute Gasteiger partial charge is 0.313 e. The summed E-state index contributed by atoms with van der Waals surface area (Å²) in [4.78, 5) is 10.7. The molecule has 1 aromatic carbocycles. The Bertz CT molecular complexity index is 670. The van der Waals surface area contributed by atoms with Crippen molar-refractivity contribution in [3.8, 4) is 5.75 Å². The zero-order valence-electron chi connectivity index (χ0n) is 13.5. The number of aromatic nitrogens is 3. The van der Waals surface area contributed by atoms with Gasteiger partial charge in [-0.3, -0.25) is 4.79 Å². The maximum Gasteiger partial charge on any atom is 0.313 e. The van der Waals surface area contributed by atoms with E-state index in [0.29, 0.717) is 30.1 Å².